The second-order valence-corrected chi connectivity index (χ2v) is 8.84. The lowest BCUT2D eigenvalue weighted by Gasteiger charge is -2.39. The molecule has 2 fully saturated rings. The normalized spacial score (nSPS) is 41.0. The molecule has 2 aliphatic rings. The van der Waals surface area contributed by atoms with E-state index >= 15 is 0 Å². The SMILES string of the molecule is CCCC1CCCC(O)(C2(C#N)CCS(=O)(=O)C2)CC1. The third-order valence-electron chi connectivity index (χ3n) is 5.28. The third kappa shape index (κ3) is 2.87. The summed E-state index contributed by atoms with van der Waals surface area (Å²) in [5.41, 5.74) is -2.19. The van der Waals surface area contributed by atoms with Gasteiger partial charge in [0.25, 0.3) is 0 Å². The van der Waals surface area contributed by atoms with Crippen molar-refractivity contribution >= 4 is 9.84 Å². The van der Waals surface area contributed by atoms with Crippen LogP contribution >= 0.6 is 0 Å². The molecule has 1 saturated heterocycles. The Morgan fingerprint density at radius 2 is 2.05 bits per heavy atom. The predicted octanol–water partition coefficient (Wildman–Crippen LogP) is 2.43. The molecule has 1 N–H and O–H groups in total. The summed E-state index contributed by atoms with van der Waals surface area (Å²) in [6, 6.07) is 2.19. The number of rotatable bonds is 3. The van der Waals surface area contributed by atoms with Crippen LogP contribution in [0.5, 0.6) is 0 Å². The average Bonchev–Trinajstić information content (AvgIpc) is 2.60. The summed E-state index contributed by atoms with van der Waals surface area (Å²) in [6.07, 6.45) is 6.62. The van der Waals surface area contributed by atoms with E-state index in [-0.39, 0.29) is 11.5 Å². The monoisotopic (exact) mass is 299 g/mol. The third-order valence-corrected chi connectivity index (χ3v) is 7.04. The Morgan fingerprint density at radius 1 is 1.30 bits per heavy atom. The van der Waals surface area contributed by atoms with Crippen LogP contribution in [0.1, 0.15) is 58.3 Å². The molecule has 2 rings (SSSR count). The molecule has 0 aromatic rings. The first-order valence-corrected chi connectivity index (χ1v) is 9.53. The van der Waals surface area contributed by atoms with Crippen LogP contribution < -0.4 is 0 Å². The van der Waals surface area contributed by atoms with Gasteiger partial charge in [0, 0.05) is 0 Å². The van der Waals surface area contributed by atoms with Gasteiger partial charge in [0.05, 0.1) is 23.2 Å². The topological polar surface area (TPSA) is 78.2 Å². The molecule has 4 nitrogen and oxygen atoms in total. The van der Waals surface area contributed by atoms with Gasteiger partial charge in [-0.2, -0.15) is 5.26 Å². The molecular formula is C15H25NO3S. The highest BCUT2D eigenvalue weighted by molar-refractivity contribution is 7.91. The van der Waals surface area contributed by atoms with E-state index in [9.17, 15) is 18.8 Å². The molecule has 3 unspecified atom stereocenters. The lowest BCUT2D eigenvalue weighted by Crippen LogP contribution is -2.48. The Labute approximate surface area is 122 Å². The Morgan fingerprint density at radius 3 is 2.60 bits per heavy atom. The van der Waals surface area contributed by atoms with E-state index < -0.39 is 20.9 Å². The highest BCUT2D eigenvalue weighted by Gasteiger charge is 2.56. The first-order valence-electron chi connectivity index (χ1n) is 7.70. The van der Waals surface area contributed by atoms with Crippen LogP contribution in [0.3, 0.4) is 0 Å². The van der Waals surface area contributed by atoms with Crippen LogP contribution in [0.15, 0.2) is 0 Å². The molecule has 0 aromatic heterocycles. The minimum absolute atomic E-state index is 0.0429. The summed E-state index contributed by atoms with van der Waals surface area (Å²) >= 11 is 0. The molecule has 0 bridgehead atoms. The Hall–Kier alpha value is -0.600. The second kappa shape index (κ2) is 5.65. The number of sulfone groups is 1. The molecule has 3 atom stereocenters. The molecule has 114 valence electrons. The van der Waals surface area contributed by atoms with Crippen molar-refractivity contribution < 1.29 is 13.5 Å². The van der Waals surface area contributed by atoms with Crippen LogP contribution in [0, 0.1) is 22.7 Å². The minimum atomic E-state index is -3.17. The molecule has 1 heterocycles. The summed E-state index contributed by atoms with van der Waals surface area (Å²) < 4.78 is 23.6. The maximum absolute atomic E-state index is 11.8. The van der Waals surface area contributed by atoms with Gasteiger partial charge < -0.3 is 5.11 Å². The zero-order valence-corrected chi connectivity index (χ0v) is 13.1. The van der Waals surface area contributed by atoms with Crippen LogP contribution in [-0.2, 0) is 9.84 Å². The summed E-state index contributed by atoms with van der Waals surface area (Å²) in [4.78, 5) is 0. The number of aliphatic hydroxyl groups is 1. The molecule has 1 saturated carbocycles. The number of nitriles is 1. The van der Waals surface area contributed by atoms with Gasteiger partial charge in [-0.25, -0.2) is 8.42 Å². The summed E-state index contributed by atoms with van der Waals surface area (Å²) in [7, 11) is -3.17. The summed E-state index contributed by atoms with van der Waals surface area (Å²) in [5.74, 6) is 0.495. The van der Waals surface area contributed by atoms with Crippen molar-refractivity contribution in [1.82, 2.24) is 0 Å². The van der Waals surface area contributed by atoms with E-state index in [0.717, 1.165) is 32.1 Å². The fourth-order valence-electron chi connectivity index (χ4n) is 3.98. The predicted molar refractivity (Wildman–Crippen MR) is 77.7 cm³/mol. The molecule has 1 aliphatic carbocycles. The van der Waals surface area contributed by atoms with Crippen LogP contribution in [0.25, 0.3) is 0 Å². The second-order valence-electron chi connectivity index (χ2n) is 6.65. The van der Waals surface area contributed by atoms with Crippen molar-refractivity contribution in [3.63, 3.8) is 0 Å². The minimum Gasteiger partial charge on any atom is -0.388 e. The van der Waals surface area contributed by atoms with E-state index in [4.69, 9.17) is 0 Å². The molecule has 0 radical (unpaired) electrons. The first-order chi connectivity index (χ1) is 9.36. The van der Waals surface area contributed by atoms with Gasteiger partial charge >= 0.3 is 0 Å². The number of hydrogen-bond acceptors (Lipinski definition) is 4. The largest absolute Gasteiger partial charge is 0.388 e. The fourth-order valence-corrected chi connectivity index (χ4v) is 6.01. The maximum atomic E-state index is 11.8. The van der Waals surface area contributed by atoms with E-state index in [2.05, 4.69) is 13.0 Å². The standard InChI is InChI=1S/C15H25NO3S/c1-2-4-13-5-3-7-15(17,8-6-13)14(11-16)9-10-20(18,19)12-14/h13,17H,2-10,12H2,1H3. The van der Waals surface area contributed by atoms with Crippen molar-refractivity contribution in [2.75, 3.05) is 11.5 Å². The average molecular weight is 299 g/mol. The van der Waals surface area contributed by atoms with Crippen LogP contribution in [0.4, 0.5) is 0 Å². The zero-order chi connectivity index (χ0) is 14.9. The van der Waals surface area contributed by atoms with Gasteiger partial charge in [-0.15, -0.1) is 0 Å². The molecule has 0 aromatic carbocycles. The highest BCUT2D eigenvalue weighted by Crippen LogP contribution is 2.49. The van der Waals surface area contributed by atoms with Crippen molar-refractivity contribution in [3.8, 4) is 6.07 Å². The summed E-state index contributed by atoms with van der Waals surface area (Å²) in [5, 5.41) is 20.6. The Kier molecular flexibility index (Phi) is 4.46. The van der Waals surface area contributed by atoms with Crippen molar-refractivity contribution in [3.05, 3.63) is 0 Å². The number of hydrogen-bond donors (Lipinski definition) is 1. The summed E-state index contributed by atoms with van der Waals surface area (Å²) in [6.45, 7) is 2.16. The van der Waals surface area contributed by atoms with Gasteiger partial charge in [-0.05, 0) is 31.6 Å². The smallest absolute Gasteiger partial charge is 0.152 e. The van der Waals surface area contributed by atoms with E-state index in [1.54, 1.807) is 0 Å². The lowest BCUT2D eigenvalue weighted by atomic mass is 9.68. The van der Waals surface area contributed by atoms with Crippen LogP contribution in [0.2, 0.25) is 0 Å². The van der Waals surface area contributed by atoms with Crippen molar-refractivity contribution in [1.29, 1.82) is 5.26 Å². The molecule has 0 amide bonds. The maximum Gasteiger partial charge on any atom is 0.152 e. The molecule has 5 heteroatoms. The van der Waals surface area contributed by atoms with Gasteiger partial charge in [-0.3, -0.25) is 0 Å². The van der Waals surface area contributed by atoms with E-state index in [1.165, 1.54) is 0 Å². The molecular weight excluding hydrogens is 274 g/mol. The van der Waals surface area contributed by atoms with Crippen molar-refractivity contribution in [2.45, 2.75) is 63.9 Å². The fraction of sp³-hybridized carbons (Fsp3) is 0.933. The quantitative estimate of drug-likeness (QED) is 0.812. The zero-order valence-electron chi connectivity index (χ0n) is 12.3. The molecule has 0 spiro atoms. The molecule has 20 heavy (non-hydrogen) atoms. The van der Waals surface area contributed by atoms with Crippen molar-refractivity contribution in [2.24, 2.45) is 11.3 Å². The van der Waals surface area contributed by atoms with Gasteiger partial charge in [0.2, 0.25) is 0 Å². The first kappa shape index (κ1) is 15.8. The van der Waals surface area contributed by atoms with Gasteiger partial charge in [-0.1, -0.05) is 32.6 Å². The Bertz CT molecular complexity index is 496. The number of nitrogens with zero attached hydrogens (tertiary/aromatic N) is 1. The lowest BCUT2D eigenvalue weighted by molar-refractivity contribution is -0.0567. The van der Waals surface area contributed by atoms with E-state index in [0.29, 0.717) is 25.2 Å². The highest BCUT2D eigenvalue weighted by atomic mass is 32.2. The molecule has 1 aliphatic heterocycles. The Balaban J connectivity index is 2.19. The van der Waals surface area contributed by atoms with Crippen LogP contribution in [-0.4, -0.2) is 30.6 Å². The van der Waals surface area contributed by atoms with Gasteiger partial charge in [0.15, 0.2) is 9.84 Å². The van der Waals surface area contributed by atoms with Gasteiger partial charge in [0.1, 0.15) is 5.41 Å². The van der Waals surface area contributed by atoms with E-state index in [1.807, 2.05) is 0 Å².